The van der Waals surface area contributed by atoms with E-state index in [0.717, 1.165) is 32.8 Å². The SMILES string of the molecule is Cc1ccc(-c2nc(Cl)c3c(n2)CSC3)c(Br)c1. The first kappa shape index (κ1) is 12.5. The van der Waals surface area contributed by atoms with E-state index in [1.165, 1.54) is 5.56 Å². The summed E-state index contributed by atoms with van der Waals surface area (Å²) in [6, 6.07) is 6.15. The van der Waals surface area contributed by atoms with Gasteiger partial charge in [0.25, 0.3) is 0 Å². The Morgan fingerprint density at radius 1 is 1.28 bits per heavy atom. The summed E-state index contributed by atoms with van der Waals surface area (Å²) in [4.78, 5) is 9.04. The Balaban J connectivity index is 2.15. The Morgan fingerprint density at radius 3 is 2.89 bits per heavy atom. The topological polar surface area (TPSA) is 25.8 Å². The van der Waals surface area contributed by atoms with Crippen LogP contribution in [0.3, 0.4) is 0 Å². The van der Waals surface area contributed by atoms with Crippen molar-refractivity contribution in [3.05, 3.63) is 44.6 Å². The van der Waals surface area contributed by atoms with Crippen LogP contribution in [0, 0.1) is 6.92 Å². The van der Waals surface area contributed by atoms with Gasteiger partial charge in [0.15, 0.2) is 5.82 Å². The minimum Gasteiger partial charge on any atom is -0.232 e. The molecule has 1 aromatic heterocycles. The van der Waals surface area contributed by atoms with Crippen molar-refractivity contribution in [3.8, 4) is 11.4 Å². The molecular weight excluding hydrogens is 332 g/mol. The molecule has 2 nitrogen and oxygen atoms in total. The van der Waals surface area contributed by atoms with Gasteiger partial charge in [0.2, 0.25) is 0 Å². The summed E-state index contributed by atoms with van der Waals surface area (Å²) in [7, 11) is 0. The van der Waals surface area contributed by atoms with Crippen LogP contribution in [0.4, 0.5) is 0 Å². The van der Waals surface area contributed by atoms with Crippen LogP contribution in [0.1, 0.15) is 16.8 Å². The lowest BCUT2D eigenvalue weighted by Gasteiger charge is -2.07. The molecule has 2 aromatic rings. The second-order valence-corrected chi connectivity index (χ2v) is 6.44. The monoisotopic (exact) mass is 340 g/mol. The number of benzene rings is 1. The molecular formula is C13H10BrClN2S. The molecule has 0 saturated heterocycles. The van der Waals surface area contributed by atoms with Crippen molar-refractivity contribution in [3.63, 3.8) is 0 Å². The number of rotatable bonds is 1. The first-order chi connectivity index (χ1) is 8.65. The normalized spacial score (nSPS) is 13.7. The predicted molar refractivity (Wildman–Crippen MR) is 79.9 cm³/mol. The van der Waals surface area contributed by atoms with E-state index in [0.29, 0.717) is 11.0 Å². The van der Waals surface area contributed by atoms with E-state index in [2.05, 4.69) is 45.0 Å². The standard InChI is InChI=1S/C13H10BrClN2S/c1-7-2-3-8(10(14)4-7)13-16-11-6-18-5-9(11)12(15)17-13/h2-4H,5-6H2,1H3. The lowest BCUT2D eigenvalue weighted by Crippen LogP contribution is -1.98. The molecule has 1 aromatic carbocycles. The Labute approximate surface area is 123 Å². The summed E-state index contributed by atoms with van der Waals surface area (Å²) in [6.45, 7) is 2.06. The zero-order chi connectivity index (χ0) is 12.7. The molecule has 0 amide bonds. The maximum absolute atomic E-state index is 6.23. The summed E-state index contributed by atoms with van der Waals surface area (Å²) in [5, 5.41) is 0.590. The minimum atomic E-state index is 0.590. The van der Waals surface area contributed by atoms with Crippen molar-refractivity contribution in [2.45, 2.75) is 18.4 Å². The molecule has 0 unspecified atom stereocenters. The van der Waals surface area contributed by atoms with Crippen LogP contribution in [-0.2, 0) is 11.5 Å². The van der Waals surface area contributed by atoms with Crippen molar-refractivity contribution in [2.24, 2.45) is 0 Å². The van der Waals surface area contributed by atoms with Crippen molar-refractivity contribution < 1.29 is 0 Å². The molecule has 92 valence electrons. The fourth-order valence-corrected chi connectivity index (χ4v) is 3.98. The van der Waals surface area contributed by atoms with Gasteiger partial charge in [-0.1, -0.05) is 33.6 Å². The smallest absolute Gasteiger partial charge is 0.162 e. The summed E-state index contributed by atoms with van der Waals surface area (Å²) in [5.41, 5.74) is 4.35. The first-order valence-corrected chi connectivity index (χ1v) is 7.87. The zero-order valence-corrected chi connectivity index (χ0v) is 12.9. The van der Waals surface area contributed by atoms with E-state index in [1.54, 1.807) is 0 Å². The number of hydrogen-bond donors (Lipinski definition) is 0. The quantitative estimate of drug-likeness (QED) is 0.708. The van der Waals surface area contributed by atoms with Crippen LogP contribution >= 0.6 is 39.3 Å². The largest absolute Gasteiger partial charge is 0.232 e. The van der Waals surface area contributed by atoms with Gasteiger partial charge in [-0.05, 0) is 24.6 Å². The molecule has 0 aliphatic carbocycles. The van der Waals surface area contributed by atoms with Crippen molar-refractivity contribution >= 4 is 39.3 Å². The van der Waals surface area contributed by atoms with E-state index >= 15 is 0 Å². The van der Waals surface area contributed by atoms with Crippen LogP contribution in [-0.4, -0.2) is 9.97 Å². The molecule has 18 heavy (non-hydrogen) atoms. The highest BCUT2D eigenvalue weighted by atomic mass is 79.9. The molecule has 1 aliphatic heterocycles. The number of nitrogens with zero attached hydrogens (tertiary/aromatic N) is 2. The Bertz CT molecular complexity index is 631. The van der Waals surface area contributed by atoms with Gasteiger partial charge in [-0.3, -0.25) is 0 Å². The number of aryl methyl sites for hydroxylation is 1. The van der Waals surface area contributed by atoms with Crippen LogP contribution in [0.5, 0.6) is 0 Å². The van der Waals surface area contributed by atoms with Crippen molar-refractivity contribution in [1.29, 1.82) is 0 Å². The fourth-order valence-electron chi connectivity index (χ4n) is 1.93. The highest BCUT2D eigenvalue weighted by Crippen LogP contribution is 2.35. The molecule has 0 radical (unpaired) electrons. The average Bonchev–Trinajstić information content (AvgIpc) is 2.77. The number of thioether (sulfide) groups is 1. The second-order valence-electron chi connectivity index (χ2n) is 4.24. The molecule has 2 heterocycles. The van der Waals surface area contributed by atoms with Gasteiger partial charge in [0.05, 0.1) is 5.69 Å². The molecule has 5 heteroatoms. The first-order valence-electron chi connectivity index (χ1n) is 5.54. The lowest BCUT2D eigenvalue weighted by molar-refractivity contribution is 1.07. The van der Waals surface area contributed by atoms with Gasteiger partial charge in [-0.25, -0.2) is 9.97 Å². The molecule has 0 spiro atoms. The molecule has 0 saturated carbocycles. The Kier molecular flexibility index (Phi) is 3.34. The minimum absolute atomic E-state index is 0.590. The van der Waals surface area contributed by atoms with Crippen LogP contribution in [0.15, 0.2) is 22.7 Å². The van der Waals surface area contributed by atoms with Gasteiger partial charge in [-0.2, -0.15) is 11.8 Å². The average molecular weight is 342 g/mol. The molecule has 0 N–H and O–H groups in total. The van der Waals surface area contributed by atoms with Gasteiger partial charge >= 0.3 is 0 Å². The third-order valence-corrected chi connectivity index (χ3v) is 4.83. The van der Waals surface area contributed by atoms with E-state index in [4.69, 9.17) is 11.6 Å². The van der Waals surface area contributed by atoms with E-state index in [1.807, 2.05) is 17.8 Å². The lowest BCUT2D eigenvalue weighted by atomic mass is 10.1. The predicted octanol–water partition coefficient (Wildman–Crippen LogP) is 4.61. The van der Waals surface area contributed by atoms with Crippen LogP contribution in [0.2, 0.25) is 5.15 Å². The van der Waals surface area contributed by atoms with E-state index < -0.39 is 0 Å². The summed E-state index contributed by atoms with van der Waals surface area (Å²) in [5.74, 6) is 2.55. The van der Waals surface area contributed by atoms with Gasteiger partial charge in [-0.15, -0.1) is 0 Å². The Morgan fingerprint density at radius 2 is 2.11 bits per heavy atom. The van der Waals surface area contributed by atoms with Gasteiger partial charge < -0.3 is 0 Å². The van der Waals surface area contributed by atoms with E-state index in [9.17, 15) is 0 Å². The highest BCUT2D eigenvalue weighted by Gasteiger charge is 2.19. The van der Waals surface area contributed by atoms with Crippen LogP contribution < -0.4 is 0 Å². The fraction of sp³-hybridized carbons (Fsp3) is 0.231. The second kappa shape index (κ2) is 4.83. The third kappa shape index (κ3) is 2.17. The zero-order valence-electron chi connectivity index (χ0n) is 9.70. The van der Waals surface area contributed by atoms with Crippen molar-refractivity contribution in [1.82, 2.24) is 9.97 Å². The maximum atomic E-state index is 6.23. The van der Waals surface area contributed by atoms with Crippen molar-refractivity contribution in [2.75, 3.05) is 0 Å². The highest BCUT2D eigenvalue weighted by molar-refractivity contribution is 9.10. The molecule has 0 bridgehead atoms. The Hall–Kier alpha value is -0.580. The molecule has 0 fully saturated rings. The third-order valence-electron chi connectivity index (χ3n) is 2.89. The maximum Gasteiger partial charge on any atom is 0.162 e. The summed E-state index contributed by atoms with van der Waals surface area (Å²) >= 11 is 11.6. The summed E-state index contributed by atoms with van der Waals surface area (Å²) in [6.07, 6.45) is 0. The number of halogens is 2. The number of fused-ring (bicyclic) bond motifs is 1. The molecule has 0 atom stereocenters. The van der Waals surface area contributed by atoms with Gasteiger partial charge in [0, 0.05) is 27.1 Å². The molecule has 3 rings (SSSR count). The summed E-state index contributed by atoms with van der Waals surface area (Å²) < 4.78 is 1.00. The van der Waals surface area contributed by atoms with E-state index in [-0.39, 0.29) is 0 Å². The van der Waals surface area contributed by atoms with Gasteiger partial charge in [0.1, 0.15) is 5.15 Å². The molecule has 1 aliphatic rings. The number of hydrogen-bond acceptors (Lipinski definition) is 3. The van der Waals surface area contributed by atoms with Crippen LogP contribution in [0.25, 0.3) is 11.4 Å². The number of aromatic nitrogens is 2.